The third-order valence-electron chi connectivity index (χ3n) is 2.81. The van der Waals surface area contributed by atoms with Gasteiger partial charge in [0, 0.05) is 12.5 Å². The van der Waals surface area contributed by atoms with Crippen LogP contribution in [-0.2, 0) is 4.79 Å². The molecule has 0 spiro atoms. The molecule has 6 heteroatoms. The first-order valence-electron chi connectivity index (χ1n) is 6.67. The Kier molecular flexibility index (Phi) is 5.43. The van der Waals surface area contributed by atoms with Crippen molar-refractivity contribution in [3.8, 4) is 0 Å². The Labute approximate surface area is 123 Å². The van der Waals surface area contributed by atoms with E-state index in [1.54, 1.807) is 0 Å². The van der Waals surface area contributed by atoms with Gasteiger partial charge in [-0.1, -0.05) is 20.8 Å². The SMILES string of the molecule is CC(C)(C)CC(N)CC(=O)Nc1ccc(C(=O)O)cc1F. The van der Waals surface area contributed by atoms with E-state index in [0.717, 1.165) is 6.07 Å². The van der Waals surface area contributed by atoms with Gasteiger partial charge in [0.25, 0.3) is 0 Å². The number of carbonyl (C=O) groups excluding carboxylic acids is 1. The molecule has 4 N–H and O–H groups in total. The summed E-state index contributed by atoms with van der Waals surface area (Å²) in [6.07, 6.45) is 0.748. The minimum Gasteiger partial charge on any atom is -0.478 e. The number of benzene rings is 1. The lowest BCUT2D eigenvalue weighted by atomic mass is 9.87. The molecule has 0 aromatic heterocycles. The van der Waals surface area contributed by atoms with Crippen molar-refractivity contribution in [2.75, 3.05) is 5.32 Å². The largest absolute Gasteiger partial charge is 0.478 e. The molecule has 5 nitrogen and oxygen atoms in total. The molecule has 1 unspecified atom stereocenters. The number of rotatable bonds is 5. The number of carboxylic acids is 1. The van der Waals surface area contributed by atoms with E-state index in [1.165, 1.54) is 12.1 Å². The van der Waals surface area contributed by atoms with E-state index in [0.29, 0.717) is 6.42 Å². The van der Waals surface area contributed by atoms with Crippen LogP contribution in [0, 0.1) is 11.2 Å². The number of nitrogens with one attached hydrogen (secondary N) is 1. The fraction of sp³-hybridized carbons (Fsp3) is 0.467. The molecule has 0 aliphatic carbocycles. The molecule has 0 saturated heterocycles. The van der Waals surface area contributed by atoms with Gasteiger partial charge in [0.2, 0.25) is 5.91 Å². The van der Waals surface area contributed by atoms with Gasteiger partial charge in [-0.05, 0) is 30.0 Å². The Morgan fingerprint density at radius 3 is 2.48 bits per heavy atom. The van der Waals surface area contributed by atoms with Crippen molar-refractivity contribution >= 4 is 17.6 Å². The molecule has 0 saturated carbocycles. The minimum absolute atomic E-state index is 0.00802. The van der Waals surface area contributed by atoms with Crippen molar-refractivity contribution in [3.63, 3.8) is 0 Å². The maximum absolute atomic E-state index is 13.7. The van der Waals surface area contributed by atoms with Gasteiger partial charge in [0.15, 0.2) is 0 Å². The molecule has 21 heavy (non-hydrogen) atoms. The maximum atomic E-state index is 13.7. The summed E-state index contributed by atoms with van der Waals surface area (Å²) in [5.74, 6) is -2.40. The molecule has 1 aromatic carbocycles. The van der Waals surface area contributed by atoms with Gasteiger partial charge < -0.3 is 16.2 Å². The molecule has 0 bridgehead atoms. The average Bonchev–Trinajstić information content (AvgIpc) is 2.28. The summed E-state index contributed by atoms with van der Waals surface area (Å²) in [5.41, 5.74) is 5.67. The lowest BCUT2D eigenvalue weighted by Gasteiger charge is -2.22. The molecule has 1 atom stereocenters. The third kappa shape index (κ3) is 5.91. The average molecular weight is 296 g/mol. The summed E-state index contributed by atoms with van der Waals surface area (Å²) in [7, 11) is 0. The van der Waals surface area contributed by atoms with Crippen LogP contribution < -0.4 is 11.1 Å². The lowest BCUT2D eigenvalue weighted by molar-refractivity contribution is -0.116. The van der Waals surface area contributed by atoms with Gasteiger partial charge in [-0.3, -0.25) is 4.79 Å². The Balaban J connectivity index is 2.65. The smallest absolute Gasteiger partial charge is 0.335 e. The van der Waals surface area contributed by atoms with E-state index in [-0.39, 0.29) is 29.1 Å². The number of amides is 1. The van der Waals surface area contributed by atoms with Crippen LogP contribution in [0.25, 0.3) is 0 Å². The van der Waals surface area contributed by atoms with Crippen LogP contribution in [0.1, 0.15) is 44.0 Å². The fourth-order valence-corrected chi connectivity index (χ4v) is 2.05. The lowest BCUT2D eigenvalue weighted by Crippen LogP contribution is -2.31. The molecule has 116 valence electrons. The second-order valence-electron chi connectivity index (χ2n) is 6.28. The highest BCUT2D eigenvalue weighted by Crippen LogP contribution is 2.22. The number of hydrogen-bond donors (Lipinski definition) is 3. The monoisotopic (exact) mass is 296 g/mol. The zero-order chi connectivity index (χ0) is 16.2. The number of hydrogen-bond acceptors (Lipinski definition) is 3. The number of anilines is 1. The Hall–Kier alpha value is -1.95. The number of halogens is 1. The van der Waals surface area contributed by atoms with Crippen molar-refractivity contribution in [1.82, 2.24) is 0 Å². The number of nitrogens with two attached hydrogens (primary N) is 1. The number of carboxylic acid groups (broad SMARTS) is 1. The summed E-state index contributed by atoms with van der Waals surface area (Å²) in [6.45, 7) is 6.07. The van der Waals surface area contributed by atoms with Gasteiger partial charge in [-0.2, -0.15) is 0 Å². The molecule has 0 radical (unpaired) electrons. The molecule has 1 rings (SSSR count). The van der Waals surface area contributed by atoms with Crippen LogP contribution >= 0.6 is 0 Å². The molecule has 0 fully saturated rings. The Morgan fingerprint density at radius 1 is 1.38 bits per heavy atom. The van der Waals surface area contributed by atoms with Crippen LogP contribution in [0.5, 0.6) is 0 Å². The Bertz CT molecular complexity index is 538. The van der Waals surface area contributed by atoms with Crippen LogP contribution in [0.4, 0.5) is 10.1 Å². The zero-order valence-corrected chi connectivity index (χ0v) is 12.4. The number of aromatic carboxylic acids is 1. The van der Waals surface area contributed by atoms with Crippen LogP contribution in [0.2, 0.25) is 0 Å². The first-order chi connectivity index (χ1) is 9.58. The standard InChI is InChI=1S/C15H21FN2O3/c1-15(2,3)8-10(17)7-13(19)18-12-5-4-9(14(20)21)6-11(12)16/h4-6,10H,7-8,17H2,1-3H3,(H,18,19)(H,20,21). The molecule has 1 aromatic rings. The van der Waals surface area contributed by atoms with Gasteiger partial charge in [0.05, 0.1) is 11.3 Å². The summed E-state index contributed by atoms with van der Waals surface area (Å²) >= 11 is 0. The fourth-order valence-electron chi connectivity index (χ4n) is 2.05. The molecule has 0 heterocycles. The number of carbonyl (C=O) groups is 2. The van der Waals surface area contributed by atoms with E-state index in [2.05, 4.69) is 5.32 Å². The molecule has 0 aliphatic heterocycles. The van der Waals surface area contributed by atoms with Crippen LogP contribution in [0.3, 0.4) is 0 Å². The van der Waals surface area contributed by atoms with Crippen molar-refractivity contribution in [3.05, 3.63) is 29.6 Å². The van der Waals surface area contributed by atoms with E-state index in [9.17, 15) is 14.0 Å². The highest BCUT2D eigenvalue weighted by molar-refractivity contribution is 5.92. The predicted molar refractivity (Wildman–Crippen MR) is 78.7 cm³/mol. The van der Waals surface area contributed by atoms with Crippen molar-refractivity contribution < 1.29 is 19.1 Å². The van der Waals surface area contributed by atoms with Crippen molar-refractivity contribution in [2.24, 2.45) is 11.1 Å². The summed E-state index contributed by atoms with van der Waals surface area (Å²) in [5, 5.41) is 11.1. The van der Waals surface area contributed by atoms with E-state index >= 15 is 0 Å². The van der Waals surface area contributed by atoms with Crippen LogP contribution in [-0.4, -0.2) is 23.0 Å². The van der Waals surface area contributed by atoms with E-state index in [1.807, 2.05) is 20.8 Å². The zero-order valence-electron chi connectivity index (χ0n) is 12.4. The maximum Gasteiger partial charge on any atom is 0.335 e. The van der Waals surface area contributed by atoms with E-state index < -0.39 is 17.7 Å². The first-order valence-corrected chi connectivity index (χ1v) is 6.67. The predicted octanol–water partition coefficient (Wildman–Crippen LogP) is 2.62. The molecular weight excluding hydrogens is 275 g/mol. The summed E-state index contributed by atoms with van der Waals surface area (Å²) in [4.78, 5) is 22.5. The third-order valence-corrected chi connectivity index (χ3v) is 2.81. The van der Waals surface area contributed by atoms with E-state index in [4.69, 9.17) is 10.8 Å². The van der Waals surface area contributed by atoms with Crippen molar-refractivity contribution in [1.29, 1.82) is 0 Å². The highest BCUT2D eigenvalue weighted by atomic mass is 19.1. The molecular formula is C15H21FN2O3. The molecule has 1 amide bonds. The first kappa shape index (κ1) is 17.1. The van der Waals surface area contributed by atoms with Crippen molar-refractivity contribution in [2.45, 2.75) is 39.7 Å². The second-order valence-corrected chi connectivity index (χ2v) is 6.28. The summed E-state index contributed by atoms with van der Waals surface area (Å²) < 4.78 is 13.7. The quantitative estimate of drug-likeness (QED) is 0.778. The second kappa shape index (κ2) is 6.67. The normalized spacial score (nSPS) is 12.8. The summed E-state index contributed by atoms with van der Waals surface area (Å²) in [6, 6.07) is 3.01. The topological polar surface area (TPSA) is 92.4 Å². The highest BCUT2D eigenvalue weighted by Gasteiger charge is 2.19. The van der Waals surface area contributed by atoms with Gasteiger partial charge in [0.1, 0.15) is 5.82 Å². The minimum atomic E-state index is -1.22. The van der Waals surface area contributed by atoms with Gasteiger partial charge in [-0.25, -0.2) is 9.18 Å². The molecule has 0 aliphatic rings. The van der Waals surface area contributed by atoms with Gasteiger partial charge >= 0.3 is 5.97 Å². The van der Waals surface area contributed by atoms with Gasteiger partial charge in [-0.15, -0.1) is 0 Å². The Morgan fingerprint density at radius 2 is 2.00 bits per heavy atom. The van der Waals surface area contributed by atoms with Crippen LogP contribution in [0.15, 0.2) is 18.2 Å².